The number of nitrogens with zero attached hydrogens (tertiary/aromatic N) is 1. The van der Waals surface area contributed by atoms with Gasteiger partial charge in [-0.05, 0) is 19.8 Å². The number of aliphatic hydroxyl groups is 3. The van der Waals surface area contributed by atoms with Gasteiger partial charge in [0.2, 0.25) is 0 Å². The van der Waals surface area contributed by atoms with Crippen LogP contribution < -0.4 is 0 Å². The van der Waals surface area contributed by atoms with Crippen molar-refractivity contribution in [3.8, 4) is 0 Å². The normalized spacial score (nSPS) is 35.4. The maximum atomic E-state index is 9.79. The molecule has 0 aromatic carbocycles. The van der Waals surface area contributed by atoms with Crippen molar-refractivity contribution in [2.45, 2.75) is 43.3 Å². The molecule has 0 aromatic heterocycles. The van der Waals surface area contributed by atoms with Crippen LogP contribution in [0.5, 0.6) is 0 Å². The Morgan fingerprint density at radius 2 is 1.94 bits per heavy atom. The first-order chi connectivity index (χ1) is 7.82. The van der Waals surface area contributed by atoms with Gasteiger partial charge in [-0.25, -0.2) is 0 Å². The van der Waals surface area contributed by atoms with Crippen LogP contribution >= 0.6 is 11.8 Å². The molecule has 0 bridgehead atoms. The fraction of sp³-hybridized carbons (Fsp3) is 0.909. The highest BCUT2D eigenvalue weighted by atomic mass is 32.2. The number of nitrogens with one attached hydrogen (secondary N) is 1. The van der Waals surface area contributed by atoms with Crippen LogP contribution in [0.2, 0.25) is 0 Å². The van der Waals surface area contributed by atoms with Crippen molar-refractivity contribution in [1.82, 2.24) is 4.90 Å². The molecule has 0 unspecified atom stereocenters. The van der Waals surface area contributed by atoms with E-state index in [1.54, 1.807) is 25.9 Å². The van der Waals surface area contributed by atoms with Crippen molar-refractivity contribution < 1.29 is 15.3 Å². The molecule has 0 spiro atoms. The molecule has 1 fully saturated rings. The molecule has 5 nitrogen and oxygen atoms in total. The zero-order chi connectivity index (χ0) is 13.2. The quantitative estimate of drug-likeness (QED) is 0.419. The number of aliphatic hydroxyl groups excluding tert-OH is 3. The molecule has 1 aliphatic rings. The molecule has 6 heteroatoms. The molecule has 0 heterocycles. The Kier molecular flexibility index (Phi) is 5.24. The zero-order valence-electron chi connectivity index (χ0n) is 10.5. The first-order valence-electron chi connectivity index (χ1n) is 5.79. The van der Waals surface area contributed by atoms with Crippen LogP contribution in [0.15, 0.2) is 0 Å². The van der Waals surface area contributed by atoms with E-state index in [4.69, 9.17) is 5.41 Å². The molecule has 1 rings (SSSR count). The second kappa shape index (κ2) is 6.04. The molecule has 0 saturated heterocycles. The second-order valence-corrected chi connectivity index (χ2v) is 6.16. The Bertz CT molecular complexity index is 273. The summed E-state index contributed by atoms with van der Waals surface area (Å²) in [4.78, 5) is 1.71. The van der Waals surface area contributed by atoms with Gasteiger partial charge in [-0.15, -0.1) is 0 Å². The maximum Gasteiger partial charge on any atom is 0.156 e. The van der Waals surface area contributed by atoms with Gasteiger partial charge in [0.15, 0.2) is 5.17 Å². The standard InChI is InChI=1S/C11H22N2O3S/c1-6(14)8-4-7(5-9(15)10(8)16)17-11(12)13(2)3/h6-10,12,14-16H,4-5H2,1-3H3/t6-,7-,8+,9+,10+/m0/s1. The average Bonchev–Trinajstić information content (AvgIpc) is 2.22. The summed E-state index contributed by atoms with van der Waals surface area (Å²) in [5.41, 5.74) is 0. The van der Waals surface area contributed by atoms with Gasteiger partial charge in [0, 0.05) is 25.3 Å². The lowest BCUT2D eigenvalue weighted by molar-refractivity contribution is -0.0765. The van der Waals surface area contributed by atoms with Gasteiger partial charge in [-0.1, -0.05) is 11.8 Å². The van der Waals surface area contributed by atoms with Crippen molar-refractivity contribution in [3.05, 3.63) is 0 Å². The maximum absolute atomic E-state index is 9.79. The highest BCUT2D eigenvalue weighted by Gasteiger charge is 2.38. The summed E-state index contributed by atoms with van der Waals surface area (Å²) in [6.07, 6.45) is -1.23. The molecule has 0 aromatic rings. The van der Waals surface area contributed by atoms with Crippen LogP contribution in [0.4, 0.5) is 0 Å². The van der Waals surface area contributed by atoms with E-state index in [2.05, 4.69) is 0 Å². The number of hydrogen-bond donors (Lipinski definition) is 4. The van der Waals surface area contributed by atoms with Crippen molar-refractivity contribution in [2.24, 2.45) is 5.92 Å². The monoisotopic (exact) mass is 262 g/mol. The van der Waals surface area contributed by atoms with E-state index in [1.807, 2.05) is 0 Å². The van der Waals surface area contributed by atoms with Gasteiger partial charge in [0.1, 0.15) is 0 Å². The fourth-order valence-corrected chi connectivity index (χ4v) is 3.21. The van der Waals surface area contributed by atoms with E-state index in [9.17, 15) is 15.3 Å². The van der Waals surface area contributed by atoms with Crippen molar-refractivity contribution in [1.29, 1.82) is 5.41 Å². The van der Waals surface area contributed by atoms with E-state index in [0.29, 0.717) is 18.0 Å². The fourth-order valence-electron chi connectivity index (χ4n) is 2.08. The van der Waals surface area contributed by atoms with Crippen molar-refractivity contribution in [3.63, 3.8) is 0 Å². The molecular formula is C11H22N2O3S. The number of thioether (sulfide) groups is 1. The molecular weight excluding hydrogens is 240 g/mol. The van der Waals surface area contributed by atoms with Gasteiger partial charge in [0.25, 0.3) is 0 Å². The first-order valence-corrected chi connectivity index (χ1v) is 6.67. The number of rotatable bonds is 2. The van der Waals surface area contributed by atoms with E-state index in [-0.39, 0.29) is 11.2 Å². The predicted octanol–water partition coefficient (Wildman–Crippen LogP) is 0.0972. The lowest BCUT2D eigenvalue weighted by Crippen LogP contribution is -2.46. The minimum Gasteiger partial charge on any atom is -0.393 e. The van der Waals surface area contributed by atoms with Crippen LogP contribution in [0.25, 0.3) is 0 Å². The summed E-state index contributed by atoms with van der Waals surface area (Å²) < 4.78 is 0. The lowest BCUT2D eigenvalue weighted by Gasteiger charge is -2.38. The van der Waals surface area contributed by atoms with Gasteiger partial charge < -0.3 is 20.2 Å². The SMILES string of the molecule is C[C@H](O)[C@H]1C[C@H](SC(=N)N(C)C)C[C@@H](O)[C@@H]1O. The smallest absolute Gasteiger partial charge is 0.156 e. The summed E-state index contributed by atoms with van der Waals surface area (Å²) in [7, 11) is 3.60. The Morgan fingerprint density at radius 3 is 2.41 bits per heavy atom. The Balaban J connectivity index is 2.61. The summed E-state index contributed by atoms with van der Waals surface area (Å²) in [6.45, 7) is 1.63. The van der Waals surface area contributed by atoms with Crippen LogP contribution in [0.1, 0.15) is 19.8 Å². The summed E-state index contributed by atoms with van der Waals surface area (Å²) in [6, 6.07) is 0. The number of amidine groups is 1. The minimum absolute atomic E-state index is 0.0721. The summed E-state index contributed by atoms with van der Waals surface area (Å²) >= 11 is 1.38. The first kappa shape index (κ1) is 14.8. The Labute approximate surface area is 106 Å². The molecule has 4 N–H and O–H groups in total. The van der Waals surface area contributed by atoms with Gasteiger partial charge in [-0.3, -0.25) is 5.41 Å². The van der Waals surface area contributed by atoms with Gasteiger partial charge in [0.05, 0.1) is 18.3 Å². The summed E-state index contributed by atoms with van der Waals surface area (Å²) in [5, 5.41) is 37.4. The van der Waals surface area contributed by atoms with Gasteiger partial charge >= 0.3 is 0 Å². The molecule has 0 aliphatic heterocycles. The highest BCUT2D eigenvalue weighted by molar-refractivity contribution is 8.14. The second-order valence-electron chi connectivity index (χ2n) is 4.87. The van der Waals surface area contributed by atoms with E-state index >= 15 is 0 Å². The zero-order valence-corrected chi connectivity index (χ0v) is 11.3. The molecule has 17 heavy (non-hydrogen) atoms. The topological polar surface area (TPSA) is 87.8 Å². The highest BCUT2D eigenvalue weighted by Crippen LogP contribution is 2.35. The lowest BCUT2D eigenvalue weighted by atomic mass is 9.81. The molecule has 5 atom stereocenters. The van der Waals surface area contributed by atoms with Crippen molar-refractivity contribution >= 4 is 16.9 Å². The van der Waals surface area contributed by atoms with Crippen LogP contribution in [0.3, 0.4) is 0 Å². The minimum atomic E-state index is -0.861. The van der Waals surface area contributed by atoms with E-state index in [1.165, 1.54) is 11.8 Å². The molecule has 0 radical (unpaired) electrons. The molecule has 1 saturated carbocycles. The van der Waals surface area contributed by atoms with Crippen LogP contribution in [-0.2, 0) is 0 Å². The third kappa shape index (κ3) is 3.84. The Morgan fingerprint density at radius 1 is 1.35 bits per heavy atom. The Hall–Kier alpha value is -0.300. The number of hydrogen-bond acceptors (Lipinski definition) is 5. The third-order valence-electron chi connectivity index (χ3n) is 3.18. The largest absolute Gasteiger partial charge is 0.393 e. The predicted molar refractivity (Wildman–Crippen MR) is 69.2 cm³/mol. The molecule has 0 amide bonds. The van der Waals surface area contributed by atoms with Gasteiger partial charge in [-0.2, -0.15) is 0 Å². The molecule has 100 valence electrons. The van der Waals surface area contributed by atoms with Crippen molar-refractivity contribution in [2.75, 3.05) is 14.1 Å². The molecule has 1 aliphatic carbocycles. The summed E-state index contributed by atoms with van der Waals surface area (Å²) in [5.74, 6) is -0.314. The average molecular weight is 262 g/mol. The van der Waals surface area contributed by atoms with E-state index in [0.717, 1.165) is 0 Å². The van der Waals surface area contributed by atoms with E-state index < -0.39 is 18.3 Å². The van der Waals surface area contributed by atoms with Crippen LogP contribution in [-0.4, -0.2) is 63.0 Å². The third-order valence-corrected chi connectivity index (χ3v) is 4.48. The van der Waals surface area contributed by atoms with Crippen LogP contribution in [0, 0.1) is 11.3 Å².